The van der Waals surface area contributed by atoms with Crippen LogP contribution in [-0.4, -0.2) is 15.2 Å². The Balaban J connectivity index is 2.06. The molecule has 2 aromatic rings. The third kappa shape index (κ3) is 2.17. The highest BCUT2D eigenvalue weighted by molar-refractivity contribution is 5.51. The van der Waals surface area contributed by atoms with Crippen LogP contribution < -0.4 is 5.32 Å². The molecule has 0 radical (unpaired) electrons. The molecule has 1 aromatic carbocycles. The lowest BCUT2D eigenvalue weighted by Gasteiger charge is -2.05. The Morgan fingerprint density at radius 3 is 3.00 bits per heavy atom. The Labute approximate surface area is 93.1 Å². The minimum atomic E-state index is 0.589. The molecule has 5 heteroatoms. The van der Waals surface area contributed by atoms with Crippen LogP contribution in [0.15, 0.2) is 24.5 Å². The van der Waals surface area contributed by atoms with Gasteiger partial charge in [0.15, 0.2) is 0 Å². The maximum atomic E-state index is 8.80. The first-order valence-corrected chi connectivity index (χ1v) is 4.88. The first-order chi connectivity index (χ1) is 7.79. The molecule has 0 unspecified atom stereocenters. The van der Waals surface area contributed by atoms with Crippen LogP contribution >= 0.6 is 0 Å². The van der Waals surface area contributed by atoms with Gasteiger partial charge in [0.25, 0.3) is 0 Å². The van der Waals surface area contributed by atoms with Crippen molar-refractivity contribution < 1.29 is 0 Å². The van der Waals surface area contributed by atoms with Crippen molar-refractivity contribution in [1.82, 2.24) is 15.2 Å². The molecular formula is C11H11N5. The summed E-state index contributed by atoms with van der Waals surface area (Å²) < 4.78 is 0. The normalized spacial score (nSPS) is 9.75. The molecule has 0 amide bonds. The second-order valence-electron chi connectivity index (χ2n) is 3.43. The number of nitriles is 1. The fourth-order valence-electron chi connectivity index (χ4n) is 1.40. The van der Waals surface area contributed by atoms with E-state index in [-0.39, 0.29) is 0 Å². The van der Waals surface area contributed by atoms with Gasteiger partial charge in [0.1, 0.15) is 12.2 Å². The molecule has 1 heterocycles. The van der Waals surface area contributed by atoms with Crippen molar-refractivity contribution in [3.63, 3.8) is 0 Å². The molecule has 0 saturated heterocycles. The number of benzene rings is 1. The summed E-state index contributed by atoms with van der Waals surface area (Å²) in [7, 11) is 0. The fourth-order valence-corrected chi connectivity index (χ4v) is 1.40. The second kappa shape index (κ2) is 4.45. The van der Waals surface area contributed by atoms with Gasteiger partial charge < -0.3 is 5.32 Å². The summed E-state index contributed by atoms with van der Waals surface area (Å²) in [6.07, 6.45) is 1.47. The summed E-state index contributed by atoms with van der Waals surface area (Å²) in [6.45, 7) is 2.50. The second-order valence-corrected chi connectivity index (χ2v) is 3.43. The van der Waals surface area contributed by atoms with Crippen molar-refractivity contribution >= 4 is 5.69 Å². The predicted molar refractivity (Wildman–Crippen MR) is 59.6 cm³/mol. The highest BCUT2D eigenvalue weighted by Gasteiger charge is 2.00. The SMILES string of the molecule is Cc1cc(NCc2ncn[nH]2)ccc1C#N. The van der Waals surface area contributed by atoms with E-state index in [9.17, 15) is 0 Å². The summed E-state index contributed by atoms with van der Waals surface area (Å²) in [5.41, 5.74) is 2.63. The van der Waals surface area contributed by atoms with E-state index in [0.29, 0.717) is 12.1 Å². The molecule has 2 N–H and O–H groups in total. The number of anilines is 1. The lowest BCUT2D eigenvalue weighted by molar-refractivity contribution is 0.954. The Kier molecular flexibility index (Phi) is 2.83. The number of aryl methyl sites for hydroxylation is 1. The summed E-state index contributed by atoms with van der Waals surface area (Å²) in [6, 6.07) is 7.76. The molecule has 0 bridgehead atoms. The third-order valence-electron chi connectivity index (χ3n) is 2.27. The van der Waals surface area contributed by atoms with Crippen molar-refractivity contribution in [2.75, 3.05) is 5.32 Å². The summed E-state index contributed by atoms with van der Waals surface area (Å²) in [5, 5.41) is 18.5. The van der Waals surface area contributed by atoms with Gasteiger partial charge in [-0.05, 0) is 30.7 Å². The van der Waals surface area contributed by atoms with E-state index < -0.39 is 0 Å². The molecule has 0 aliphatic rings. The topological polar surface area (TPSA) is 77.4 Å². The molecule has 80 valence electrons. The zero-order valence-electron chi connectivity index (χ0n) is 8.86. The molecule has 1 aromatic heterocycles. The van der Waals surface area contributed by atoms with Crippen LogP contribution in [-0.2, 0) is 6.54 Å². The molecule has 0 fully saturated rings. The van der Waals surface area contributed by atoms with E-state index in [0.717, 1.165) is 17.1 Å². The monoisotopic (exact) mass is 213 g/mol. The Bertz CT molecular complexity index is 510. The maximum absolute atomic E-state index is 8.80. The van der Waals surface area contributed by atoms with Crippen molar-refractivity contribution in [2.24, 2.45) is 0 Å². The summed E-state index contributed by atoms with van der Waals surface area (Å²) in [4.78, 5) is 4.01. The van der Waals surface area contributed by atoms with Gasteiger partial charge in [-0.15, -0.1) is 0 Å². The number of nitrogens with zero attached hydrogens (tertiary/aromatic N) is 3. The van der Waals surface area contributed by atoms with Gasteiger partial charge in [0.05, 0.1) is 18.2 Å². The lowest BCUT2D eigenvalue weighted by atomic mass is 10.1. The smallest absolute Gasteiger partial charge is 0.143 e. The molecule has 5 nitrogen and oxygen atoms in total. The molecule has 16 heavy (non-hydrogen) atoms. The molecule has 0 aliphatic carbocycles. The van der Waals surface area contributed by atoms with E-state index in [1.165, 1.54) is 6.33 Å². The van der Waals surface area contributed by atoms with Crippen LogP contribution in [0.2, 0.25) is 0 Å². The van der Waals surface area contributed by atoms with Gasteiger partial charge >= 0.3 is 0 Å². The number of nitrogens with one attached hydrogen (secondary N) is 2. The average molecular weight is 213 g/mol. The highest BCUT2D eigenvalue weighted by atomic mass is 15.2. The number of H-pyrrole nitrogens is 1. The van der Waals surface area contributed by atoms with E-state index in [4.69, 9.17) is 5.26 Å². The predicted octanol–water partition coefficient (Wildman–Crippen LogP) is 1.60. The van der Waals surface area contributed by atoms with Gasteiger partial charge in [-0.25, -0.2) is 4.98 Å². The van der Waals surface area contributed by atoms with E-state index in [1.54, 1.807) is 6.07 Å². The Hall–Kier alpha value is -2.35. The number of rotatable bonds is 3. The molecule has 2 rings (SSSR count). The van der Waals surface area contributed by atoms with Crippen LogP contribution in [0.25, 0.3) is 0 Å². The van der Waals surface area contributed by atoms with Gasteiger partial charge in [-0.2, -0.15) is 10.4 Å². The van der Waals surface area contributed by atoms with Gasteiger partial charge in [0.2, 0.25) is 0 Å². The first-order valence-electron chi connectivity index (χ1n) is 4.88. The third-order valence-corrected chi connectivity index (χ3v) is 2.27. The maximum Gasteiger partial charge on any atom is 0.143 e. The van der Waals surface area contributed by atoms with Gasteiger partial charge in [-0.1, -0.05) is 0 Å². The minimum Gasteiger partial charge on any atom is -0.378 e. The number of hydrogen-bond donors (Lipinski definition) is 2. The zero-order valence-corrected chi connectivity index (χ0v) is 8.86. The minimum absolute atomic E-state index is 0.589. The number of hydrogen-bond acceptors (Lipinski definition) is 4. The zero-order chi connectivity index (χ0) is 11.4. The van der Waals surface area contributed by atoms with Crippen LogP contribution in [0, 0.1) is 18.3 Å². The Morgan fingerprint density at radius 1 is 1.50 bits per heavy atom. The van der Waals surface area contributed by atoms with E-state index >= 15 is 0 Å². The molecule has 0 spiro atoms. The average Bonchev–Trinajstić information content (AvgIpc) is 2.79. The van der Waals surface area contributed by atoms with Crippen molar-refractivity contribution in [3.05, 3.63) is 41.5 Å². The molecule has 0 aliphatic heterocycles. The van der Waals surface area contributed by atoms with Crippen molar-refractivity contribution in [3.8, 4) is 6.07 Å². The van der Waals surface area contributed by atoms with Crippen LogP contribution in [0.1, 0.15) is 17.0 Å². The lowest BCUT2D eigenvalue weighted by Crippen LogP contribution is -2.01. The fraction of sp³-hybridized carbons (Fsp3) is 0.182. The first kappa shape index (κ1) is 10.2. The summed E-state index contributed by atoms with van der Waals surface area (Å²) in [5.74, 6) is 0.780. The van der Waals surface area contributed by atoms with Crippen molar-refractivity contribution in [1.29, 1.82) is 5.26 Å². The van der Waals surface area contributed by atoms with Gasteiger partial charge in [0, 0.05) is 5.69 Å². The largest absolute Gasteiger partial charge is 0.378 e. The number of aromatic amines is 1. The quantitative estimate of drug-likeness (QED) is 0.811. The van der Waals surface area contributed by atoms with E-state index in [2.05, 4.69) is 26.6 Å². The summed E-state index contributed by atoms with van der Waals surface area (Å²) >= 11 is 0. The number of aromatic nitrogens is 3. The Morgan fingerprint density at radius 2 is 2.38 bits per heavy atom. The van der Waals surface area contributed by atoms with Crippen molar-refractivity contribution in [2.45, 2.75) is 13.5 Å². The molecule has 0 atom stereocenters. The van der Waals surface area contributed by atoms with Crippen LogP contribution in [0.5, 0.6) is 0 Å². The molecule has 0 saturated carbocycles. The van der Waals surface area contributed by atoms with Gasteiger partial charge in [-0.3, -0.25) is 5.10 Å². The van der Waals surface area contributed by atoms with Crippen LogP contribution in [0.3, 0.4) is 0 Å². The molecular weight excluding hydrogens is 202 g/mol. The van der Waals surface area contributed by atoms with Crippen LogP contribution in [0.4, 0.5) is 5.69 Å². The highest BCUT2D eigenvalue weighted by Crippen LogP contribution is 2.14. The van der Waals surface area contributed by atoms with E-state index in [1.807, 2.05) is 19.1 Å². The standard InChI is InChI=1S/C11H11N5/c1-8-4-10(3-2-9(8)5-12)13-6-11-14-7-15-16-11/h2-4,7,13H,6H2,1H3,(H,14,15,16).